The minimum absolute atomic E-state index is 0.131. The van der Waals surface area contributed by atoms with Crippen LogP contribution >= 0.6 is 0 Å². The Bertz CT molecular complexity index is 1520. The second kappa shape index (κ2) is 14.1. The number of nitrogens with zero attached hydrogens (tertiary/aromatic N) is 1. The number of aromatic nitrogens is 1. The molecular weight excluding hydrogens is 564 g/mol. The molecule has 5 rings (SSSR count). The molecule has 2 heterocycles. The van der Waals surface area contributed by atoms with Gasteiger partial charge in [0.2, 0.25) is 11.7 Å². The molecule has 0 spiro atoms. The number of amides is 5. The molecular formula is C32H38N6O6. The number of carbonyl (C=O) groups excluding carboxylic acids is 5. The second-order valence-corrected chi connectivity index (χ2v) is 11.2. The van der Waals surface area contributed by atoms with Gasteiger partial charge in [-0.05, 0) is 42.5 Å². The van der Waals surface area contributed by atoms with E-state index in [-0.39, 0.29) is 30.7 Å². The molecule has 2 atom stereocenters. The van der Waals surface area contributed by atoms with Gasteiger partial charge in [-0.1, -0.05) is 55.7 Å². The second-order valence-electron chi connectivity index (χ2n) is 11.2. The van der Waals surface area contributed by atoms with E-state index in [0.717, 1.165) is 43.1 Å². The van der Waals surface area contributed by atoms with E-state index in [1.54, 1.807) is 19.2 Å². The summed E-state index contributed by atoms with van der Waals surface area (Å²) in [4.78, 5) is 70.5. The van der Waals surface area contributed by atoms with Gasteiger partial charge in [-0.15, -0.1) is 0 Å². The van der Waals surface area contributed by atoms with Crippen LogP contribution in [0.15, 0.2) is 54.6 Å². The van der Waals surface area contributed by atoms with Crippen molar-refractivity contribution in [2.45, 2.75) is 50.7 Å². The fourth-order valence-electron chi connectivity index (χ4n) is 5.90. The number of urea groups is 1. The number of ketones is 1. The number of rotatable bonds is 12. The number of hydrogen-bond donors (Lipinski definition) is 5. The Labute approximate surface area is 255 Å². The lowest BCUT2D eigenvalue weighted by Crippen LogP contribution is -2.59. The number of carbonyl (C=O) groups is 5. The smallest absolute Gasteiger partial charge is 0.317 e. The van der Waals surface area contributed by atoms with Crippen molar-refractivity contribution in [2.24, 2.45) is 5.92 Å². The highest BCUT2D eigenvalue weighted by atomic mass is 16.5. The number of methoxy groups -OCH3 is 1. The monoisotopic (exact) mass is 602 g/mol. The predicted molar refractivity (Wildman–Crippen MR) is 163 cm³/mol. The van der Waals surface area contributed by atoms with E-state index < -0.39 is 35.6 Å². The third-order valence-corrected chi connectivity index (χ3v) is 8.28. The quantitative estimate of drug-likeness (QED) is 0.200. The number of Topliss-reactive ketones (excluding diaryl/α,β-unsaturated/α-hetero) is 1. The summed E-state index contributed by atoms with van der Waals surface area (Å²) >= 11 is 0. The minimum Gasteiger partial charge on any atom is -0.496 e. The van der Waals surface area contributed by atoms with Crippen LogP contribution in [0.25, 0.3) is 10.9 Å². The molecule has 2 unspecified atom stereocenters. The average Bonchev–Trinajstić information content (AvgIpc) is 3.68. The summed E-state index contributed by atoms with van der Waals surface area (Å²) in [7, 11) is 1.55. The SMILES string of the molecule is COc1cccc2[nH]c(C(=O)NC(C(=O)NC(CN3CCNC3=O)C(=O)C(=O)NCc3ccccc3)C3CCCCC3)cc12. The number of aromatic amines is 1. The summed E-state index contributed by atoms with van der Waals surface area (Å²) in [5.74, 6) is -2.35. The zero-order valence-electron chi connectivity index (χ0n) is 24.7. The summed E-state index contributed by atoms with van der Waals surface area (Å²) in [5.41, 5.74) is 1.78. The Kier molecular flexibility index (Phi) is 9.78. The third-order valence-electron chi connectivity index (χ3n) is 8.28. The molecule has 3 aromatic rings. The topological polar surface area (TPSA) is 162 Å². The Morgan fingerprint density at radius 3 is 2.48 bits per heavy atom. The van der Waals surface area contributed by atoms with Gasteiger partial charge in [0.05, 0.1) is 13.7 Å². The van der Waals surface area contributed by atoms with E-state index in [4.69, 9.17) is 4.74 Å². The van der Waals surface area contributed by atoms with Crippen LogP contribution in [0.4, 0.5) is 4.79 Å². The zero-order chi connectivity index (χ0) is 31.1. The van der Waals surface area contributed by atoms with Gasteiger partial charge in [-0.25, -0.2) is 4.79 Å². The van der Waals surface area contributed by atoms with Crippen molar-refractivity contribution in [2.75, 3.05) is 26.7 Å². The van der Waals surface area contributed by atoms with Gasteiger partial charge in [-0.3, -0.25) is 19.2 Å². The molecule has 1 saturated carbocycles. The molecule has 2 aliphatic rings. The van der Waals surface area contributed by atoms with Crippen molar-refractivity contribution in [1.82, 2.24) is 31.2 Å². The van der Waals surface area contributed by atoms with Crippen molar-refractivity contribution in [3.05, 3.63) is 65.9 Å². The van der Waals surface area contributed by atoms with E-state index in [9.17, 15) is 24.0 Å². The summed E-state index contributed by atoms with van der Waals surface area (Å²) < 4.78 is 5.41. The summed E-state index contributed by atoms with van der Waals surface area (Å²) in [6, 6.07) is 13.6. The van der Waals surface area contributed by atoms with Gasteiger partial charge >= 0.3 is 6.03 Å². The molecule has 5 N–H and O–H groups in total. The maximum atomic E-state index is 13.9. The summed E-state index contributed by atoms with van der Waals surface area (Å²) in [6.07, 6.45) is 4.30. The van der Waals surface area contributed by atoms with Crippen LogP contribution in [-0.4, -0.2) is 78.2 Å². The van der Waals surface area contributed by atoms with Crippen LogP contribution in [0.1, 0.15) is 48.2 Å². The number of ether oxygens (including phenoxy) is 1. The Morgan fingerprint density at radius 2 is 1.77 bits per heavy atom. The van der Waals surface area contributed by atoms with Crippen LogP contribution in [0.3, 0.4) is 0 Å². The van der Waals surface area contributed by atoms with Crippen LogP contribution in [0.2, 0.25) is 0 Å². The van der Waals surface area contributed by atoms with E-state index in [1.807, 2.05) is 42.5 Å². The molecule has 12 heteroatoms. The first-order chi connectivity index (χ1) is 21.3. The van der Waals surface area contributed by atoms with E-state index in [1.165, 1.54) is 4.90 Å². The zero-order valence-corrected chi connectivity index (χ0v) is 24.7. The fraction of sp³-hybridized carbons (Fsp3) is 0.406. The van der Waals surface area contributed by atoms with Crippen molar-refractivity contribution < 1.29 is 28.7 Å². The highest BCUT2D eigenvalue weighted by Crippen LogP contribution is 2.28. The van der Waals surface area contributed by atoms with Crippen molar-refractivity contribution in [3.8, 4) is 5.75 Å². The van der Waals surface area contributed by atoms with Crippen molar-refractivity contribution in [1.29, 1.82) is 0 Å². The standard InChI is InChI=1S/C32H38N6O6/c1-44-26-14-8-13-23-22(26)17-24(35-23)29(40)37-27(21-11-6-3-7-12-21)30(41)36-25(19-38-16-15-33-32(38)43)28(39)31(42)34-18-20-9-4-2-5-10-20/h2,4-5,8-10,13-14,17,21,25,27,35H,3,6-7,11-12,15-16,18-19H2,1H3,(H,33,43)(H,34,42)(H,36,41)(H,37,40). The fourth-order valence-corrected chi connectivity index (χ4v) is 5.90. The first-order valence-electron chi connectivity index (χ1n) is 15.0. The van der Waals surface area contributed by atoms with Crippen LogP contribution in [0.5, 0.6) is 5.75 Å². The van der Waals surface area contributed by atoms with Crippen LogP contribution < -0.4 is 26.0 Å². The molecule has 1 saturated heterocycles. The van der Waals surface area contributed by atoms with Crippen molar-refractivity contribution >= 4 is 40.4 Å². The Balaban J connectivity index is 1.34. The van der Waals surface area contributed by atoms with Gasteiger partial charge in [0, 0.05) is 30.5 Å². The highest BCUT2D eigenvalue weighted by molar-refractivity contribution is 6.38. The van der Waals surface area contributed by atoms with Gasteiger partial charge in [-0.2, -0.15) is 0 Å². The molecule has 2 aromatic carbocycles. The first kappa shape index (κ1) is 30.6. The number of benzene rings is 2. The summed E-state index contributed by atoms with van der Waals surface area (Å²) in [5, 5.41) is 11.6. The molecule has 0 radical (unpaired) electrons. The van der Waals surface area contributed by atoms with Crippen LogP contribution in [-0.2, 0) is 20.9 Å². The van der Waals surface area contributed by atoms with Gasteiger partial charge in [0.1, 0.15) is 23.5 Å². The Hall–Kier alpha value is -4.87. The third kappa shape index (κ3) is 7.19. The number of hydrogen-bond acceptors (Lipinski definition) is 6. The molecule has 12 nitrogen and oxygen atoms in total. The Morgan fingerprint density at radius 1 is 1.00 bits per heavy atom. The molecule has 44 heavy (non-hydrogen) atoms. The predicted octanol–water partition coefficient (Wildman–Crippen LogP) is 2.25. The van der Waals surface area contributed by atoms with Crippen molar-refractivity contribution in [3.63, 3.8) is 0 Å². The normalized spacial score (nSPS) is 16.6. The molecule has 2 fully saturated rings. The highest BCUT2D eigenvalue weighted by Gasteiger charge is 2.37. The largest absolute Gasteiger partial charge is 0.496 e. The van der Waals surface area contributed by atoms with E-state index in [2.05, 4.69) is 26.3 Å². The molecule has 1 aromatic heterocycles. The van der Waals surface area contributed by atoms with Gasteiger partial charge in [0.15, 0.2) is 0 Å². The average molecular weight is 603 g/mol. The molecule has 0 bridgehead atoms. The molecule has 5 amide bonds. The van der Waals surface area contributed by atoms with Crippen LogP contribution in [0, 0.1) is 5.92 Å². The molecule has 1 aliphatic carbocycles. The minimum atomic E-state index is -1.30. The molecule has 1 aliphatic heterocycles. The first-order valence-corrected chi connectivity index (χ1v) is 15.0. The summed E-state index contributed by atoms with van der Waals surface area (Å²) in [6.45, 7) is 0.676. The van der Waals surface area contributed by atoms with E-state index >= 15 is 0 Å². The van der Waals surface area contributed by atoms with E-state index in [0.29, 0.717) is 24.4 Å². The lowest BCUT2D eigenvalue weighted by atomic mass is 9.83. The molecule has 232 valence electrons. The lowest BCUT2D eigenvalue weighted by molar-refractivity contribution is -0.140. The van der Waals surface area contributed by atoms with Gasteiger partial charge < -0.3 is 35.9 Å². The number of H-pyrrole nitrogens is 1. The van der Waals surface area contributed by atoms with Gasteiger partial charge in [0.25, 0.3) is 11.8 Å². The number of fused-ring (bicyclic) bond motifs is 1. The maximum absolute atomic E-state index is 13.9. The number of nitrogens with one attached hydrogen (secondary N) is 5. The maximum Gasteiger partial charge on any atom is 0.317 e. The lowest BCUT2D eigenvalue weighted by Gasteiger charge is -2.31.